The summed E-state index contributed by atoms with van der Waals surface area (Å²) in [6.45, 7) is 4.04. The number of hydrogen-bond donors (Lipinski definition) is 1. The predicted molar refractivity (Wildman–Crippen MR) is 55.8 cm³/mol. The molecule has 5 nitrogen and oxygen atoms in total. The van der Waals surface area contributed by atoms with Crippen LogP contribution in [0.5, 0.6) is 0 Å². The molecule has 1 unspecified atom stereocenters. The Bertz CT molecular complexity index is 393. The van der Waals surface area contributed by atoms with Gasteiger partial charge in [-0.25, -0.2) is 4.68 Å². The van der Waals surface area contributed by atoms with Crippen LogP contribution in [-0.4, -0.2) is 31.2 Å². The maximum absolute atomic E-state index is 11.1. The van der Waals surface area contributed by atoms with Crippen LogP contribution in [0.15, 0.2) is 6.20 Å². The Hall–Kier alpha value is -0.910. The van der Waals surface area contributed by atoms with Gasteiger partial charge in [-0.05, 0) is 13.8 Å². The average molecular weight is 216 g/mol. The summed E-state index contributed by atoms with van der Waals surface area (Å²) in [5.41, 5.74) is 0.806. The summed E-state index contributed by atoms with van der Waals surface area (Å²) >= 11 is 0. The molecule has 0 aliphatic heterocycles. The molecule has 1 aromatic heterocycles. The first kappa shape index (κ1) is 11.2. The third-order valence-electron chi connectivity index (χ3n) is 1.83. The first-order chi connectivity index (χ1) is 6.38. The molecule has 0 saturated carbocycles. The fraction of sp³-hybridized carbons (Fsp3) is 0.750. The van der Waals surface area contributed by atoms with Gasteiger partial charge in [0.2, 0.25) is 0 Å². The second-order valence-electron chi connectivity index (χ2n) is 3.74. The van der Waals surface area contributed by atoms with Gasteiger partial charge in [0.1, 0.15) is 0 Å². The highest BCUT2D eigenvalue weighted by Crippen LogP contribution is 2.03. The number of hydrogen-bond acceptors (Lipinski definition) is 4. The van der Waals surface area contributed by atoms with E-state index in [2.05, 4.69) is 10.3 Å². The van der Waals surface area contributed by atoms with Gasteiger partial charge in [-0.15, -0.1) is 5.10 Å². The average Bonchev–Trinajstić information content (AvgIpc) is 2.47. The van der Waals surface area contributed by atoms with Gasteiger partial charge in [-0.1, -0.05) is 5.21 Å². The summed E-state index contributed by atoms with van der Waals surface area (Å²) < 4.78 is 20.1. The molecule has 0 spiro atoms. The zero-order valence-electron chi connectivity index (χ0n) is 8.73. The molecule has 0 bridgehead atoms. The topological polar surface area (TPSA) is 71.6 Å². The molecular formula is C8H16N4OS. The lowest BCUT2D eigenvalue weighted by molar-refractivity contribution is 0.514. The van der Waals surface area contributed by atoms with Gasteiger partial charge in [0.05, 0.1) is 5.69 Å². The Morgan fingerprint density at radius 2 is 2.29 bits per heavy atom. The minimum atomic E-state index is -2.41. The van der Waals surface area contributed by atoms with Crippen LogP contribution in [0, 0.1) is 4.78 Å². The molecule has 1 N–H and O–H groups in total. The molecule has 6 heteroatoms. The summed E-state index contributed by atoms with van der Waals surface area (Å²) in [6, 6.07) is 0.290. The fourth-order valence-electron chi connectivity index (χ4n) is 0.980. The number of nitrogens with zero attached hydrogens (tertiary/aromatic N) is 3. The first-order valence-corrected chi connectivity index (χ1v) is 6.64. The Morgan fingerprint density at radius 1 is 1.64 bits per heavy atom. The molecule has 0 aliphatic rings. The van der Waals surface area contributed by atoms with Gasteiger partial charge in [-0.3, -0.25) is 8.99 Å². The zero-order chi connectivity index (χ0) is 10.8. The van der Waals surface area contributed by atoms with E-state index in [0.29, 0.717) is 18.2 Å². The molecule has 1 rings (SSSR count). The molecule has 0 amide bonds. The van der Waals surface area contributed by atoms with E-state index in [-0.39, 0.29) is 0 Å². The van der Waals surface area contributed by atoms with Crippen molar-refractivity contribution in [1.29, 1.82) is 4.78 Å². The summed E-state index contributed by atoms with van der Waals surface area (Å²) in [4.78, 5) is 0. The number of aromatic nitrogens is 3. The minimum absolute atomic E-state index is 0.290. The molecular weight excluding hydrogens is 200 g/mol. The summed E-state index contributed by atoms with van der Waals surface area (Å²) in [7, 11) is -2.41. The van der Waals surface area contributed by atoms with Crippen molar-refractivity contribution in [2.45, 2.75) is 26.3 Å². The zero-order valence-corrected chi connectivity index (χ0v) is 9.54. The van der Waals surface area contributed by atoms with Crippen LogP contribution in [-0.2, 0) is 16.1 Å². The molecule has 1 aromatic rings. The van der Waals surface area contributed by atoms with E-state index >= 15 is 0 Å². The lowest BCUT2D eigenvalue weighted by Gasteiger charge is -2.01. The van der Waals surface area contributed by atoms with Crippen LogP contribution < -0.4 is 0 Å². The van der Waals surface area contributed by atoms with E-state index in [1.54, 1.807) is 4.68 Å². The van der Waals surface area contributed by atoms with E-state index in [4.69, 9.17) is 4.78 Å². The van der Waals surface area contributed by atoms with Gasteiger partial charge in [-0.2, -0.15) is 0 Å². The third kappa shape index (κ3) is 3.45. The van der Waals surface area contributed by atoms with Gasteiger partial charge in [0, 0.05) is 40.4 Å². The van der Waals surface area contributed by atoms with Crippen LogP contribution in [0.4, 0.5) is 0 Å². The highest BCUT2D eigenvalue weighted by molar-refractivity contribution is 7.91. The molecule has 0 fully saturated rings. The molecule has 0 radical (unpaired) electrons. The molecule has 0 aromatic carbocycles. The second-order valence-corrected chi connectivity index (χ2v) is 6.16. The van der Waals surface area contributed by atoms with Crippen molar-refractivity contribution in [3.63, 3.8) is 0 Å². The molecule has 80 valence electrons. The van der Waals surface area contributed by atoms with E-state index in [1.807, 2.05) is 20.0 Å². The lowest BCUT2D eigenvalue weighted by atomic mass is 10.3. The second kappa shape index (κ2) is 4.08. The van der Waals surface area contributed by atoms with Crippen LogP contribution in [0.2, 0.25) is 0 Å². The van der Waals surface area contributed by atoms with Crippen LogP contribution in [0.1, 0.15) is 25.6 Å². The van der Waals surface area contributed by atoms with Crippen LogP contribution >= 0.6 is 0 Å². The van der Waals surface area contributed by atoms with Crippen molar-refractivity contribution in [3.05, 3.63) is 11.9 Å². The Morgan fingerprint density at radius 3 is 2.71 bits per heavy atom. The summed E-state index contributed by atoms with van der Waals surface area (Å²) in [5.74, 6) is 0.351. The summed E-state index contributed by atoms with van der Waals surface area (Å²) in [6.07, 6.45) is 3.85. The van der Waals surface area contributed by atoms with Crippen LogP contribution in [0.25, 0.3) is 0 Å². The van der Waals surface area contributed by atoms with E-state index in [9.17, 15) is 4.21 Å². The first-order valence-electron chi connectivity index (χ1n) is 4.50. The lowest BCUT2D eigenvalue weighted by Crippen LogP contribution is -2.04. The highest BCUT2D eigenvalue weighted by atomic mass is 32.2. The van der Waals surface area contributed by atoms with Crippen molar-refractivity contribution in [1.82, 2.24) is 15.0 Å². The SMILES string of the molecule is CC(C)n1cc(CCS(C)(=N)=O)nn1. The molecule has 0 saturated heterocycles. The van der Waals surface area contributed by atoms with Crippen molar-refractivity contribution in [2.24, 2.45) is 0 Å². The molecule has 0 aliphatic carbocycles. The fourth-order valence-corrected chi connectivity index (χ4v) is 1.58. The summed E-state index contributed by atoms with van der Waals surface area (Å²) in [5, 5.41) is 7.87. The maximum Gasteiger partial charge on any atom is 0.0836 e. The largest absolute Gasteiger partial charge is 0.253 e. The van der Waals surface area contributed by atoms with Gasteiger partial charge >= 0.3 is 0 Å². The monoisotopic (exact) mass is 216 g/mol. The highest BCUT2D eigenvalue weighted by Gasteiger charge is 2.05. The van der Waals surface area contributed by atoms with E-state index in [0.717, 1.165) is 5.69 Å². The van der Waals surface area contributed by atoms with Crippen molar-refractivity contribution in [2.75, 3.05) is 12.0 Å². The minimum Gasteiger partial charge on any atom is -0.253 e. The van der Waals surface area contributed by atoms with Crippen LogP contribution in [0.3, 0.4) is 0 Å². The Balaban J connectivity index is 2.61. The standard InChI is InChI=1S/C8H16N4OS/c1-7(2)12-6-8(10-11-12)4-5-14(3,9)13/h6-7,9H,4-5H2,1-3H3. The third-order valence-corrected chi connectivity index (χ3v) is 2.82. The normalized spacial score (nSPS) is 15.7. The van der Waals surface area contributed by atoms with Gasteiger partial charge in [0.25, 0.3) is 0 Å². The smallest absolute Gasteiger partial charge is 0.0836 e. The quantitative estimate of drug-likeness (QED) is 0.818. The number of rotatable bonds is 4. The van der Waals surface area contributed by atoms with Gasteiger partial charge < -0.3 is 0 Å². The Labute approximate surface area is 84.5 Å². The van der Waals surface area contributed by atoms with E-state index in [1.165, 1.54) is 6.26 Å². The van der Waals surface area contributed by atoms with Crippen molar-refractivity contribution >= 4 is 9.73 Å². The van der Waals surface area contributed by atoms with Gasteiger partial charge in [0.15, 0.2) is 0 Å². The predicted octanol–water partition coefficient (Wildman–Crippen LogP) is 1.08. The molecule has 1 heterocycles. The van der Waals surface area contributed by atoms with Crippen molar-refractivity contribution in [3.8, 4) is 0 Å². The number of aryl methyl sites for hydroxylation is 1. The van der Waals surface area contributed by atoms with Crippen molar-refractivity contribution < 1.29 is 4.21 Å². The molecule has 14 heavy (non-hydrogen) atoms. The molecule has 1 atom stereocenters. The number of nitrogens with one attached hydrogen (secondary N) is 1. The van der Waals surface area contributed by atoms with E-state index < -0.39 is 9.73 Å². The maximum atomic E-state index is 11.1. The Kier molecular flexibility index (Phi) is 3.25.